The van der Waals surface area contributed by atoms with Gasteiger partial charge in [0.1, 0.15) is 16.6 Å². The van der Waals surface area contributed by atoms with Crippen LogP contribution in [0.15, 0.2) is 34.0 Å². The van der Waals surface area contributed by atoms with Crippen LogP contribution in [-0.4, -0.2) is 14.6 Å². The third kappa shape index (κ3) is 2.96. The lowest BCUT2D eigenvalue weighted by atomic mass is 10.3. The predicted molar refractivity (Wildman–Crippen MR) is 77.8 cm³/mol. The summed E-state index contributed by atoms with van der Waals surface area (Å²) in [5.74, 6) is -0.627. The van der Waals surface area contributed by atoms with E-state index in [0.717, 1.165) is 30.0 Å². The molecule has 0 aliphatic heterocycles. The van der Waals surface area contributed by atoms with Crippen molar-refractivity contribution in [2.75, 3.05) is 0 Å². The smallest absolute Gasteiger partial charge is 0.267 e. The van der Waals surface area contributed by atoms with Crippen LogP contribution in [0.3, 0.4) is 0 Å². The summed E-state index contributed by atoms with van der Waals surface area (Å²) in [7, 11) is 0. The SMILES string of the molecule is Cc1cc(=O)n2nc(CSc3cc(F)ccc3F)sc2n1. The van der Waals surface area contributed by atoms with Crippen molar-refractivity contribution in [3.8, 4) is 0 Å². The zero-order chi connectivity index (χ0) is 15.0. The molecule has 0 aliphatic carbocycles. The van der Waals surface area contributed by atoms with E-state index < -0.39 is 11.6 Å². The zero-order valence-corrected chi connectivity index (χ0v) is 12.5. The minimum Gasteiger partial charge on any atom is -0.267 e. The zero-order valence-electron chi connectivity index (χ0n) is 10.8. The number of rotatable bonds is 3. The summed E-state index contributed by atoms with van der Waals surface area (Å²) < 4.78 is 27.8. The standard InChI is InChI=1S/C13H9F2N3OS2/c1-7-4-12(19)18-13(16-7)21-11(17-18)6-20-10-5-8(14)2-3-9(10)15/h2-5H,6H2,1H3. The molecule has 3 rings (SSSR count). The van der Waals surface area contributed by atoms with E-state index in [1.807, 2.05) is 0 Å². The Kier molecular flexibility index (Phi) is 3.73. The lowest BCUT2D eigenvalue weighted by Gasteiger charge is -2.00. The Morgan fingerprint density at radius 3 is 2.95 bits per heavy atom. The van der Waals surface area contributed by atoms with Gasteiger partial charge in [0.25, 0.3) is 5.56 Å². The fourth-order valence-electron chi connectivity index (χ4n) is 1.75. The lowest BCUT2D eigenvalue weighted by Crippen LogP contribution is -2.14. The maximum absolute atomic E-state index is 13.5. The highest BCUT2D eigenvalue weighted by Gasteiger charge is 2.10. The van der Waals surface area contributed by atoms with Gasteiger partial charge in [0.2, 0.25) is 4.96 Å². The minimum atomic E-state index is -0.489. The topological polar surface area (TPSA) is 47.3 Å². The molecule has 2 heterocycles. The highest BCUT2D eigenvalue weighted by molar-refractivity contribution is 7.98. The molecule has 3 aromatic rings. The van der Waals surface area contributed by atoms with Crippen LogP contribution >= 0.6 is 23.1 Å². The molecule has 0 saturated heterocycles. The number of halogens is 2. The Labute approximate surface area is 126 Å². The van der Waals surface area contributed by atoms with Crippen LogP contribution in [0.2, 0.25) is 0 Å². The first-order chi connectivity index (χ1) is 10.0. The van der Waals surface area contributed by atoms with Crippen LogP contribution in [0.25, 0.3) is 4.96 Å². The van der Waals surface area contributed by atoms with Gasteiger partial charge >= 0.3 is 0 Å². The minimum absolute atomic E-state index is 0.214. The molecule has 0 fully saturated rings. The van der Waals surface area contributed by atoms with E-state index in [4.69, 9.17) is 0 Å². The Morgan fingerprint density at radius 1 is 1.33 bits per heavy atom. The van der Waals surface area contributed by atoms with Crippen LogP contribution in [0.4, 0.5) is 8.78 Å². The van der Waals surface area contributed by atoms with E-state index >= 15 is 0 Å². The lowest BCUT2D eigenvalue weighted by molar-refractivity contribution is 0.577. The summed E-state index contributed by atoms with van der Waals surface area (Å²) >= 11 is 2.39. The molecule has 0 unspecified atom stereocenters. The molecule has 0 spiro atoms. The van der Waals surface area contributed by atoms with Crippen molar-refractivity contribution in [1.82, 2.24) is 14.6 Å². The van der Waals surface area contributed by atoms with Crippen molar-refractivity contribution in [2.45, 2.75) is 17.6 Å². The van der Waals surface area contributed by atoms with Crippen molar-refractivity contribution in [3.05, 3.63) is 57.0 Å². The Hall–Kier alpha value is -1.80. The fraction of sp³-hybridized carbons (Fsp3) is 0.154. The van der Waals surface area contributed by atoms with Gasteiger partial charge in [-0.1, -0.05) is 11.3 Å². The second-order valence-corrected chi connectivity index (χ2v) is 6.35. The van der Waals surface area contributed by atoms with Gasteiger partial charge in [0.15, 0.2) is 0 Å². The largest absolute Gasteiger partial charge is 0.275 e. The second kappa shape index (κ2) is 5.53. The summed E-state index contributed by atoms with van der Waals surface area (Å²) in [5, 5.41) is 4.77. The molecule has 0 bridgehead atoms. The molecule has 108 valence electrons. The van der Waals surface area contributed by atoms with Gasteiger partial charge in [-0.2, -0.15) is 9.61 Å². The van der Waals surface area contributed by atoms with Crippen LogP contribution in [0.1, 0.15) is 10.7 Å². The van der Waals surface area contributed by atoms with E-state index in [1.54, 1.807) is 6.92 Å². The third-order valence-electron chi connectivity index (χ3n) is 2.66. The quantitative estimate of drug-likeness (QED) is 0.695. The van der Waals surface area contributed by atoms with E-state index in [2.05, 4.69) is 10.1 Å². The summed E-state index contributed by atoms with van der Waals surface area (Å²) in [4.78, 5) is 16.7. The Morgan fingerprint density at radius 2 is 2.14 bits per heavy atom. The molecular weight excluding hydrogens is 316 g/mol. The van der Waals surface area contributed by atoms with E-state index in [0.29, 0.717) is 21.4 Å². The molecule has 8 heteroatoms. The van der Waals surface area contributed by atoms with Gasteiger partial charge in [0.05, 0.1) is 5.75 Å². The van der Waals surface area contributed by atoms with E-state index in [1.165, 1.54) is 21.9 Å². The van der Waals surface area contributed by atoms with Crippen molar-refractivity contribution >= 4 is 28.1 Å². The van der Waals surface area contributed by atoms with Crippen molar-refractivity contribution < 1.29 is 8.78 Å². The van der Waals surface area contributed by atoms with Gasteiger partial charge in [-0.05, 0) is 25.1 Å². The molecule has 1 aromatic carbocycles. The Bertz CT molecular complexity index is 875. The maximum Gasteiger partial charge on any atom is 0.275 e. The fourth-order valence-corrected chi connectivity index (χ4v) is 3.64. The van der Waals surface area contributed by atoms with Gasteiger partial charge in [-0.15, -0.1) is 11.8 Å². The van der Waals surface area contributed by atoms with Gasteiger partial charge in [-0.3, -0.25) is 4.79 Å². The molecule has 2 aromatic heterocycles. The predicted octanol–water partition coefficient (Wildman–Crippen LogP) is 3.03. The highest BCUT2D eigenvalue weighted by atomic mass is 32.2. The number of nitrogens with zero attached hydrogens (tertiary/aromatic N) is 3. The van der Waals surface area contributed by atoms with Gasteiger partial charge in [0, 0.05) is 16.7 Å². The highest BCUT2D eigenvalue weighted by Crippen LogP contribution is 2.27. The molecule has 0 aliphatic rings. The van der Waals surface area contributed by atoms with Crippen LogP contribution in [0, 0.1) is 18.6 Å². The van der Waals surface area contributed by atoms with Gasteiger partial charge in [-0.25, -0.2) is 13.8 Å². The molecule has 0 atom stereocenters. The van der Waals surface area contributed by atoms with Gasteiger partial charge < -0.3 is 0 Å². The number of benzene rings is 1. The summed E-state index contributed by atoms with van der Waals surface area (Å²) in [6.45, 7) is 1.73. The van der Waals surface area contributed by atoms with Crippen LogP contribution in [0.5, 0.6) is 0 Å². The number of aryl methyl sites for hydroxylation is 1. The molecule has 0 radical (unpaired) electrons. The normalized spacial score (nSPS) is 11.2. The summed E-state index contributed by atoms with van der Waals surface area (Å²) in [6.07, 6.45) is 0. The number of aromatic nitrogens is 3. The second-order valence-electron chi connectivity index (χ2n) is 4.29. The van der Waals surface area contributed by atoms with E-state index in [9.17, 15) is 13.6 Å². The average molecular weight is 325 g/mol. The first kappa shape index (κ1) is 14.2. The monoisotopic (exact) mass is 325 g/mol. The first-order valence-corrected chi connectivity index (χ1v) is 7.77. The van der Waals surface area contributed by atoms with Crippen LogP contribution in [-0.2, 0) is 5.75 Å². The summed E-state index contributed by atoms with van der Waals surface area (Å²) in [5.41, 5.74) is 0.376. The molecule has 21 heavy (non-hydrogen) atoms. The Balaban J connectivity index is 1.87. The molecule has 0 amide bonds. The molecule has 4 nitrogen and oxygen atoms in total. The molecular formula is C13H9F2N3OS2. The van der Waals surface area contributed by atoms with E-state index in [-0.39, 0.29) is 10.5 Å². The van der Waals surface area contributed by atoms with Crippen molar-refractivity contribution in [1.29, 1.82) is 0 Å². The third-order valence-corrected chi connectivity index (χ3v) is 4.79. The molecule has 0 saturated carbocycles. The van der Waals surface area contributed by atoms with Crippen molar-refractivity contribution in [2.24, 2.45) is 0 Å². The maximum atomic E-state index is 13.5. The van der Waals surface area contributed by atoms with Crippen LogP contribution < -0.4 is 5.56 Å². The average Bonchev–Trinajstić information content (AvgIpc) is 2.83. The number of fused-ring (bicyclic) bond motifs is 1. The number of hydrogen-bond donors (Lipinski definition) is 0. The number of hydrogen-bond acceptors (Lipinski definition) is 5. The first-order valence-electron chi connectivity index (χ1n) is 5.97. The van der Waals surface area contributed by atoms with Crippen molar-refractivity contribution in [3.63, 3.8) is 0 Å². The molecule has 0 N–H and O–H groups in total. The summed E-state index contributed by atoms with van der Waals surface area (Å²) in [6, 6.07) is 4.70. The number of thioether (sulfide) groups is 1.